The lowest BCUT2D eigenvalue weighted by Crippen LogP contribution is -2.30. The van der Waals surface area contributed by atoms with Crippen LogP contribution in [0.2, 0.25) is 0 Å². The molecule has 1 aliphatic carbocycles. The molecule has 0 aromatic carbocycles. The molecule has 2 fully saturated rings. The fourth-order valence-corrected chi connectivity index (χ4v) is 3.01. The molecular weight excluding hydrogens is 238 g/mol. The molecule has 2 N–H and O–H groups in total. The van der Waals surface area contributed by atoms with Gasteiger partial charge >= 0.3 is 0 Å². The summed E-state index contributed by atoms with van der Waals surface area (Å²) < 4.78 is 2.15. The highest BCUT2D eigenvalue weighted by Crippen LogP contribution is 2.32. The van der Waals surface area contributed by atoms with Crippen molar-refractivity contribution in [2.24, 2.45) is 5.92 Å². The van der Waals surface area contributed by atoms with E-state index in [4.69, 9.17) is 0 Å². The van der Waals surface area contributed by atoms with Crippen LogP contribution < -0.4 is 10.6 Å². The summed E-state index contributed by atoms with van der Waals surface area (Å²) in [5.41, 5.74) is 0.828. The maximum atomic E-state index is 12.2. The summed E-state index contributed by atoms with van der Waals surface area (Å²) in [6.45, 7) is 3.03. The zero-order valence-corrected chi connectivity index (χ0v) is 11.4. The largest absolute Gasteiger partial charge is 0.351 e. The fraction of sp³-hybridized carbons (Fsp3) is 0.667. The lowest BCUT2D eigenvalue weighted by atomic mass is 9.93. The van der Waals surface area contributed by atoms with Crippen molar-refractivity contribution < 1.29 is 4.79 Å². The Morgan fingerprint density at radius 2 is 2.32 bits per heavy atom. The first-order valence-corrected chi connectivity index (χ1v) is 7.50. The lowest BCUT2D eigenvalue weighted by molar-refractivity contribution is 0.0936. The van der Waals surface area contributed by atoms with Crippen LogP contribution in [0.4, 0.5) is 0 Å². The Balaban J connectivity index is 1.50. The van der Waals surface area contributed by atoms with Crippen molar-refractivity contribution in [1.29, 1.82) is 0 Å². The van der Waals surface area contributed by atoms with Crippen LogP contribution in [0.5, 0.6) is 0 Å². The maximum absolute atomic E-state index is 12.2. The van der Waals surface area contributed by atoms with Crippen LogP contribution >= 0.6 is 0 Å². The number of nitrogens with zero attached hydrogens (tertiary/aromatic N) is 1. The number of hydrogen-bond acceptors (Lipinski definition) is 2. The molecule has 2 aliphatic rings. The molecule has 4 heteroatoms. The molecule has 1 atom stereocenters. The molecule has 1 aromatic rings. The van der Waals surface area contributed by atoms with Crippen molar-refractivity contribution in [3.05, 3.63) is 24.0 Å². The molecule has 3 rings (SSSR count). The number of carbonyl (C=O) groups excluding carboxylic acids is 1. The van der Waals surface area contributed by atoms with Crippen molar-refractivity contribution in [3.8, 4) is 0 Å². The van der Waals surface area contributed by atoms with Gasteiger partial charge in [-0.05, 0) is 63.2 Å². The third-order valence-corrected chi connectivity index (χ3v) is 4.48. The molecule has 1 unspecified atom stereocenters. The highest BCUT2D eigenvalue weighted by molar-refractivity contribution is 5.92. The molecule has 1 aliphatic heterocycles. The molecule has 4 nitrogen and oxygen atoms in total. The van der Waals surface area contributed by atoms with Gasteiger partial charge in [-0.25, -0.2) is 0 Å². The van der Waals surface area contributed by atoms with Gasteiger partial charge in [0.2, 0.25) is 0 Å². The molecule has 1 aromatic heterocycles. The molecule has 1 saturated heterocycles. The molecule has 0 spiro atoms. The Labute approximate surface area is 114 Å². The average Bonchev–Trinajstić information content (AvgIpc) is 2.97. The predicted octanol–water partition coefficient (Wildman–Crippen LogP) is 1.94. The minimum atomic E-state index is 0.0860. The van der Waals surface area contributed by atoms with Gasteiger partial charge in [-0.1, -0.05) is 0 Å². The summed E-state index contributed by atoms with van der Waals surface area (Å²) in [7, 11) is 0. The van der Waals surface area contributed by atoms with Crippen LogP contribution in [0.25, 0.3) is 0 Å². The quantitative estimate of drug-likeness (QED) is 0.851. The van der Waals surface area contributed by atoms with Crippen molar-refractivity contribution >= 4 is 5.91 Å². The zero-order chi connectivity index (χ0) is 13.1. The molecule has 19 heavy (non-hydrogen) atoms. The number of hydrogen-bond donors (Lipinski definition) is 2. The van der Waals surface area contributed by atoms with Gasteiger partial charge in [0.15, 0.2) is 0 Å². The SMILES string of the molecule is O=C(NCCC1CCNC1)c1cccn1C1CCC1. The molecular formula is C15H23N3O. The number of rotatable bonds is 5. The monoisotopic (exact) mass is 261 g/mol. The number of amides is 1. The van der Waals surface area contributed by atoms with Gasteiger partial charge < -0.3 is 15.2 Å². The number of aromatic nitrogens is 1. The van der Waals surface area contributed by atoms with E-state index >= 15 is 0 Å². The van der Waals surface area contributed by atoms with E-state index in [1.807, 2.05) is 18.3 Å². The van der Waals surface area contributed by atoms with Gasteiger partial charge in [-0.2, -0.15) is 0 Å². The summed E-state index contributed by atoms with van der Waals surface area (Å²) in [6, 6.07) is 4.47. The minimum Gasteiger partial charge on any atom is -0.351 e. The standard InChI is InChI=1S/C15H23N3O/c19-15(17-9-7-12-6-8-16-11-12)14-5-2-10-18(14)13-3-1-4-13/h2,5,10,12-13,16H,1,3-4,6-9,11H2,(H,17,19). The summed E-state index contributed by atoms with van der Waals surface area (Å²) in [6.07, 6.45) is 8.08. The summed E-state index contributed by atoms with van der Waals surface area (Å²) in [5, 5.41) is 6.43. The molecule has 1 saturated carbocycles. The summed E-state index contributed by atoms with van der Waals surface area (Å²) >= 11 is 0. The van der Waals surface area contributed by atoms with Gasteiger partial charge in [-0.3, -0.25) is 4.79 Å². The average molecular weight is 261 g/mol. The van der Waals surface area contributed by atoms with Crippen LogP contribution in [0.15, 0.2) is 18.3 Å². The second-order valence-electron chi connectivity index (χ2n) is 5.79. The first-order valence-electron chi connectivity index (χ1n) is 7.50. The number of carbonyl (C=O) groups is 1. The first-order chi connectivity index (χ1) is 9.34. The highest BCUT2D eigenvalue weighted by Gasteiger charge is 2.23. The maximum Gasteiger partial charge on any atom is 0.267 e. The molecule has 1 amide bonds. The highest BCUT2D eigenvalue weighted by atomic mass is 16.1. The van der Waals surface area contributed by atoms with Crippen LogP contribution in [0.1, 0.15) is 48.6 Å². The van der Waals surface area contributed by atoms with Gasteiger partial charge in [0.1, 0.15) is 5.69 Å². The van der Waals surface area contributed by atoms with Crippen molar-refractivity contribution in [2.45, 2.75) is 38.1 Å². The minimum absolute atomic E-state index is 0.0860. The predicted molar refractivity (Wildman–Crippen MR) is 75.2 cm³/mol. The van der Waals surface area contributed by atoms with Gasteiger partial charge in [-0.15, -0.1) is 0 Å². The fourth-order valence-electron chi connectivity index (χ4n) is 3.01. The van der Waals surface area contributed by atoms with Gasteiger partial charge in [0, 0.05) is 18.8 Å². The van der Waals surface area contributed by atoms with Crippen LogP contribution in [-0.4, -0.2) is 30.1 Å². The van der Waals surface area contributed by atoms with Gasteiger partial charge in [0.05, 0.1) is 0 Å². The van der Waals surface area contributed by atoms with Crippen molar-refractivity contribution in [3.63, 3.8) is 0 Å². The Kier molecular flexibility index (Phi) is 3.87. The smallest absolute Gasteiger partial charge is 0.267 e. The third kappa shape index (κ3) is 2.84. The molecule has 0 bridgehead atoms. The van der Waals surface area contributed by atoms with E-state index in [1.54, 1.807) is 0 Å². The topological polar surface area (TPSA) is 46.1 Å². The Morgan fingerprint density at radius 3 is 3.00 bits per heavy atom. The van der Waals surface area contributed by atoms with E-state index in [0.717, 1.165) is 37.7 Å². The Morgan fingerprint density at radius 1 is 1.42 bits per heavy atom. The van der Waals surface area contributed by atoms with E-state index in [2.05, 4.69) is 15.2 Å². The molecule has 0 radical (unpaired) electrons. The zero-order valence-electron chi connectivity index (χ0n) is 11.4. The van der Waals surface area contributed by atoms with E-state index in [1.165, 1.54) is 25.7 Å². The van der Waals surface area contributed by atoms with E-state index < -0.39 is 0 Å². The second kappa shape index (κ2) is 5.78. The lowest BCUT2D eigenvalue weighted by Gasteiger charge is -2.28. The van der Waals surface area contributed by atoms with Crippen LogP contribution in [0, 0.1) is 5.92 Å². The van der Waals surface area contributed by atoms with E-state index in [0.29, 0.717) is 6.04 Å². The van der Waals surface area contributed by atoms with E-state index in [9.17, 15) is 4.79 Å². The van der Waals surface area contributed by atoms with E-state index in [-0.39, 0.29) is 5.91 Å². The first kappa shape index (κ1) is 12.7. The van der Waals surface area contributed by atoms with Crippen molar-refractivity contribution in [2.75, 3.05) is 19.6 Å². The van der Waals surface area contributed by atoms with Crippen LogP contribution in [-0.2, 0) is 0 Å². The van der Waals surface area contributed by atoms with Gasteiger partial charge in [0.25, 0.3) is 5.91 Å². The second-order valence-corrected chi connectivity index (χ2v) is 5.79. The van der Waals surface area contributed by atoms with Crippen molar-refractivity contribution in [1.82, 2.24) is 15.2 Å². The Hall–Kier alpha value is -1.29. The number of nitrogens with one attached hydrogen (secondary N) is 2. The summed E-state index contributed by atoms with van der Waals surface area (Å²) in [5.74, 6) is 0.821. The summed E-state index contributed by atoms with van der Waals surface area (Å²) in [4.78, 5) is 12.2. The third-order valence-electron chi connectivity index (χ3n) is 4.48. The van der Waals surface area contributed by atoms with Crippen LogP contribution in [0.3, 0.4) is 0 Å². The molecule has 104 valence electrons. The molecule has 2 heterocycles. The normalized spacial score (nSPS) is 23.3. The Bertz CT molecular complexity index is 430.